The molecule has 2 aromatic heterocycles. The minimum absolute atomic E-state index is 0.0532. The van der Waals surface area contributed by atoms with Crippen LogP contribution in [0, 0.1) is 12.7 Å². The number of aryl methyl sites for hydroxylation is 1. The summed E-state index contributed by atoms with van der Waals surface area (Å²) in [5.74, 6) is -1.09. The lowest BCUT2D eigenvalue weighted by Gasteiger charge is -2.36. The Bertz CT molecular complexity index is 1430. The van der Waals surface area contributed by atoms with Crippen molar-refractivity contribution in [1.82, 2.24) is 19.9 Å². The first-order chi connectivity index (χ1) is 16.4. The smallest absolute Gasteiger partial charge is 0.253 e. The van der Waals surface area contributed by atoms with Crippen molar-refractivity contribution in [2.24, 2.45) is 0 Å². The number of benzene rings is 2. The van der Waals surface area contributed by atoms with Gasteiger partial charge in [0.05, 0.1) is 11.1 Å². The molecule has 1 amide bonds. The molecule has 2 heterocycles. The van der Waals surface area contributed by atoms with Crippen molar-refractivity contribution in [3.05, 3.63) is 82.3 Å². The predicted molar refractivity (Wildman–Crippen MR) is 143 cm³/mol. The number of halogens is 2. The van der Waals surface area contributed by atoms with E-state index in [-0.39, 0.29) is 23.5 Å². The summed E-state index contributed by atoms with van der Waals surface area (Å²) < 4.78 is 17.2. The molecule has 0 radical (unpaired) electrons. The van der Waals surface area contributed by atoms with Gasteiger partial charge in [-0.1, -0.05) is 35.9 Å². The van der Waals surface area contributed by atoms with Crippen molar-refractivity contribution >= 4 is 52.6 Å². The molecule has 0 saturated heterocycles. The van der Waals surface area contributed by atoms with Gasteiger partial charge in [0, 0.05) is 16.8 Å². The maximum atomic E-state index is 15.7. The average molecular weight is 489 g/mol. The number of amides is 1. The van der Waals surface area contributed by atoms with Gasteiger partial charge >= 0.3 is 0 Å². The molecule has 2 aromatic carbocycles. The largest absolute Gasteiger partial charge is 0.394 e. The number of anilines is 1. The molecule has 4 N–H and O–H groups in total. The number of hydrogen-bond acceptors (Lipinski definition) is 5. The van der Waals surface area contributed by atoms with Gasteiger partial charge in [-0.2, -0.15) is 4.98 Å². The fourth-order valence-corrected chi connectivity index (χ4v) is 4.55. The second-order valence-electron chi connectivity index (χ2n) is 9.60. The molecule has 0 fully saturated rings. The van der Waals surface area contributed by atoms with Crippen LogP contribution in [-0.4, -0.2) is 54.5 Å². The number of nitrogens with one attached hydrogen (secondary N) is 1. The standard InChI is InChI=1S/C23H24B3ClFN5O2/c1-12-2-7-16(13-8-9-33-17(10-13)30-21(29)32-33)19(28)18(12)20(34)31-23(25,26)11-22(24,35)14-3-5-15(27)6-4-14/h2-10,35H,11,24-26H2,1H3,(H2,29,32)(H,31,34). The SMILES string of the molecule is BC(B)(CC(B)(O)c1ccc(Cl)cc1)NC(=O)c1c(C)ccc(-c2ccn3nc(N)nc3c2)c1F. The van der Waals surface area contributed by atoms with Crippen LogP contribution in [0.5, 0.6) is 0 Å². The summed E-state index contributed by atoms with van der Waals surface area (Å²) in [6.45, 7) is 1.68. The summed E-state index contributed by atoms with van der Waals surface area (Å²) in [6.07, 6.45) is 1.83. The van der Waals surface area contributed by atoms with Gasteiger partial charge in [-0.25, -0.2) is 8.91 Å². The molecule has 0 bridgehead atoms. The van der Waals surface area contributed by atoms with E-state index in [1.54, 1.807) is 85.2 Å². The monoisotopic (exact) mass is 489 g/mol. The summed E-state index contributed by atoms with van der Waals surface area (Å²) in [5, 5.41) is 17.7. The molecular formula is C23H24B3ClFN5O2. The Morgan fingerprint density at radius 3 is 2.57 bits per heavy atom. The third kappa shape index (κ3) is 5.21. The van der Waals surface area contributed by atoms with Gasteiger partial charge in [0.25, 0.3) is 5.91 Å². The lowest BCUT2D eigenvalue weighted by molar-refractivity contribution is 0.0872. The molecule has 4 aromatic rings. The number of carbonyl (C=O) groups excluding carboxylic acids is 1. The minimum atomic E-state index is -1.24. The normalized spacial score (nSPS) is 13.5. The lowest BCUT2D eigenvalue weighted by atomic mass is 9.53. The van der Waals surface area contributed by atoms with E-state index in [1.807, 2.05) is 0 Å². The highest BCUT2D eigenvalue weighted by molar-refractivity contribution is 6.41. The van der Waals surface area contributed by atoms with Crippen molar-refractivity contribution in [2.45, 2.75) is 24.2 Å². The van der Waals surface area contributed by atoms with Crippen LogP contribution in [0.3, 0.4) is 0 Å². The predicted octanol–water partition coefficient (Wildman–Crippen LogP) is 0.598. The number of hydrogen-bond donors (Lipinski definition) is 3. The van der Waals surface area contributed by atoms with E-state index >= 15 is 4.39 Å². The molecule has 1 unspecified atom stereocenters. The molecule has 0 spiro atoms. The maximum absolute atomic E-state index is 15.7. The van der Waals surface area contributed by atoms with E-state index in [2.05, 4.69) is 15.4 Å². The van der Waals surface area contributed by atoms with Gasteiger partial charge < -0.3 is 16.2 Å². The molecule has 0 aliphatic carbocycles. The molecule has 0 saturated carbocycles. The second kappa shape index (κ2) is 9.05. The van der Waals surface area contributed by atoms with E-state index in [4.69, 9.17) is 17.3 Å². The van der Waals surface area contributed by atoms with Crippen LogP contribution in [0.1, 0.15) is 27.9 Å². The molecule has 12 heteroatoms. The molecule has 35 heavy (non-hydrogen) atoms. The van der Waals surface area contributed by atoms with Crippen LogP contribution in [-0.2, 0) is 5.50 Å². The Kier molecular flexibility index (Phi) is 6.42. The van der Waals surface area contributed by atoms with Crippen LogP contribution in [0.4, 0.5) is 10.3 Å². The Labute approximate surface area is 210 Å². The number of fused-ring (bicyclic) bond motifs is 1. The van der Waals surface area contributed by atoms with E-state index in [9.17, 15) is 9.90 Å². The van der Waals surface area contributed by atoms with Gasteiger partial charge in [-0.15, -0.1) is 5.10 Å². The number of nitrogens with zero attached hydrogens (tertiary/aromatic N) is 3. The summed E-state index contributed by atoms with van der Waals surface area (Å²) in [7, 11) is 5.25. The zero-order chi connectivity index (χ0) is 25.5. The van der Waals surface area contributed by atoms with Gasteiger partial charge in [0.15, 0.2) is 5.65 Å². The summed E-state index contributed by atoms with van der Waals surface area (Å²) >= 11 is 5.96. The highest BCUT2D eigenvalue weighted by Gasteiger charge is 2.34. The number of carbonyl (C=O) groups is 1. The molecule has 0 aliphatic heterocycles. The van der Waals surface area contributed by atoms with E-state index in [0.717, 1.165) is 0 Å². The third-order valence-electron chi connectivity index (χ3n) is 5.95. The molecule has 176 valence electrons. The Morgan fingerprint density at radius 1 is 1.20 bits per heavy atom. The number of nitrogens with two attached hydrogens (primary N) is 1. The summed E-state index contributed by atoms with van der Waals surface area (Å²) in [5.41, 5.74) is 6.78. The van der Waals surface area contributed by atoms with Crippen molar-refractivity contribution in [3.8, 4) is 11.1 Å². The Hall–Kier alpha value is -3.30. The molecule has 4 rings (SSSR count). The number of pyridine rings is 1. The van der Waals surface area contributed by atoms with Crippen molar-refractivity contribution in [2.75, 3.05) is 5.73 Å². The molecule has 1 atom stereocenters. The van der Waals surface area contributed by atoms with E-state index in [1.165, 1.54) is 4.52 Å². The van der Waals surface area contributed by atoms with Gasteiger partial charge in [0.1, 0.15) is 29.4 Å². The highest BCUT2D eigenvalue weighted by atomic mass is 35.5. The Balaban J connectivity index is 1.61. The Morgan fingerprint density at radius 2 is 1.89 bits per heavy atom. The molecule has 0 aliphatic rings. The number of aliphatic hydroxyl groups is 1. The number of nitrogen functional groups attached to an aromatic ring is 1. The van der Waals surface area contributed by atoms with Crippen LogP contribution in [0.15, 0.2) is 54.7 Å². The lowest BCUT2D eigenvalue weighted by Crippen LogP contribution is -2.54. The first-order valence-electron chi connectivity index (χ1n) is 11.1. The zero-order valence-electron chi connectivity index (χ0n) is 19.9. The van der Waals surface area contributed by atoms with Crippen LogP contribution in [0.25, 0.3) is 16.8 Å². The first kappa shape index (κ1) is 24.8. The fraction of sp³-hybridized carbons (Fsp3) is 0.174. The summed E-state index contributed by atoms with van der Waals surface area (Å²) in [4.78, 5) is 17.4. The van der Waals surface area contributed by atoms with E-state index < -0.39 is 22.6 Å². The average Bonchev–Trinajstić information content (AvgIpc) is 3.12. The number of aromatic nitrogens is 3. The zero-order valence-corrected chi connectivity index (χ0v) is 20.7. The van der Waals surface area contributed by atoms with Crippen LogP contribution < -0.4 is 11.1 Å². The van der Waals surface area contributed by atoms with Crippen molar-refractivity contribution in [3.63, 3.8) is 0 Å². The maximum Gasteiger partial charge on any atom is 0.253 e. The minimum Gasteiger partial charge on any atom is -0.394 e. The van der Waals surface area contributed by atoms with Crippen molar-refractivity contribution in [1.29, 1.82) is 0 Å². The summed E-state index contributed by atoms with van der Waals surface area (Å²) in [6, 6.07) is 13.6. The molecular weight excluding hydrogens is 465 g/mol. The van der Waals surface area contributed by atoms with Gasteiger partial charge in [-0.05, 0) is 59.6 Å². The van der Waals surface area contributed by atoms with E-state index in [0.29, 0.717) is 27.4 Å². The number of rotatable bonds is 6. The quantitative estimate of drug-likeness (QED) is 0.344. The van der Waals surface area contributed by atoms with Crippen LogP contribution >= 0.6 is 11.6 Å². The first-order valence-corrected chi connectivity index (χ1v) is 11.5. The highest BCUT2D eigenvalue weighted by Crippen LogP contribution is 2.30. The van der Waals surface area contributed by atoms with Gasteiger partial charge in [-0.3, -0.25) is 4.79 Å². The fourth-order valence-electron chi connectivity index (χ4n) is 4.43. The molecule has 7 nitrogen and oxygen atoms in total. The van der Waals surface area contributed by atoms with Crippen molar-refractivity contribution < 1.29 is 14.3 Å². The topological polar surface area (TPSA) is 106 Å². The van der Waals surface area contributed by atoms with Crippen LogP contribution in [0.2, 0.25) is 5.02 Å². The van der Waals surface area contributed by atoms with Gasteiger partial charge in [0.2, 0.25) is 5.95 Å². The third-order valence-corrected chi connectivity index (χ3v) is 6.20. The second-order valence-corrected chi connectivity index (χ2v) is 10.0.